The lowest BCUT2D eigenvalue weighted by Gasteiger charge is -2.54. The molecular weight excluding hydrogens is 414 g/mol. The summed E-state index contributed by atoms with van der Waals surface area (Å²) in [5.41, 5.74) is 0.852. The van der Waals surface area contributed by atoms with Crippen molar-refractivity contribution in [3.8, 4) is 17.1 Å². The molecule has 5 aliphatic rings. The fourth-order valence-corrected chi connectivity index (χ4v) is 7.78. The van der Waals surface area contributed by atoms with E-state index in [9.17, 15) is 4.79 Å². The molecule has 2 aromatic rings. The number of nitrogens with zero attached hydrogens (tertiary/aromatic N) is 2. The Balaban J connectivity index is 1.12. The number of hydrogen-bond acceptors (Lipinski definition) is 5. The van der Waals surface area contributed by atoms with E-state index in [2.05, 4.69) is 15.5 Å². The first-order valence-electron chi connectivity index (χ1n) is 12.9. The van der Waals surface area contributed by atoms with Gasteiger partial charge in [0.25, 0.3) is 0 Å². The third-order valence-corrected chi connectivity index (χ3v) is 9.10. The van der Waals surface area contributed by atoms with E-state index in [-0.39, 0.29) is 11.3 Å². The fraction of sp³-hybridized carbons (Fsp3) is 0.667. The largest absolute Gasteiger partial charge is 0.497 e. The summed E-state index contributed by atoms with van der Waals surface area (Å²) in [6.07, 6.45) is 12.5. The lowest BCUT2D eigenvalue weighted by molar-refractivity contribution is -0.127. The minimum atomic E-state index is -0.0558. The van der Waals surface area contributed by atoms with Crippen LogP contribution in [0.1, 0.15) is 70.1 Å². The molecule has 1 aromatic carbocycles. The molecule has 0 unspecified atom stereocenters. The first-order valence-corrected chi connectivity index (χ1v) is 12.9. The van der Waals surface area contributed by atoms with Crippen LogP contribution in [0.2, 0.25) is 0 Å². The maximum atomic E-state index is 13.3. The molecule has 176 valence electrons. The summed E-state index contributed by atoms with van der Waals surface area (Å²) < 4.78 is 10.9. The fourth-order valence-electron chi connectivity index (χ4n) is 7.78. The number of carbonyl (C=O) groups excluding carboxylic acids is 1. The average Bonchev–Trinajstić information content (AvgIpc) is 3.46. The molecule has 5 aliphatic carbocycles. The van der Waals surface area contributed by atoms with E-state index in [0.29, 0.717) is 42.4 Å². The highest BCUT2D eigenvalue weighted by Crippen LogP contribution is 2.54. The molecule has 0 saturated heterocycles. The highest BCUT2D eigenvalue weighted by Gasteiger charge is 2.49. The van der Waals surface area contributed by atoms with Crippen molar-refractivity contribution in [3.63, 3.8) is 0 Å². The quantitative estimate of drug-likeness (QED) is 0.630. The van der Waals surface area contributed by atoms with Crippen molar-refractivity contribution in [1.29, 1.82) is 0 Å². The zero-order valence-electron chi connectivity index (χ0n) is 19.6. The van der Waals surface area contributed by atoms with Crippen molar-refractivity contribution in [1.82, 2.24) is 15.5 Å². The molecule has 5 fully saturated rings. The first-order chi connectivity index (χ1) is 16.1. The topological polar surface area (TPSA) is 77.2 Å². The molecule has 0 atom stereocenters. The van der Waals surface area contributed by atoms with Crippen LogP contribution >= 0.6 is 0 Å². The number of methoxy groups -OCH3 is 1. The highest BCUT2D eigenvalue weighted by molar-refractivity contribution is 5.77. The summed E-state index contributed by atoms with van der Waals surface area (Å²) in [7, 11) is 1.65. The Morgan fingerprint density at radius 1 is 1.06 bits per heavy atom. The van der Waals surface area contributed by atoms with Gasteiger partial charge in [-0.1, -0.05) is 18.0 Å². The number of benzene rings is 1. The zero-order chi connectivity index (χ0) is 22.4. The van der Waals surface area contributed by atoms with Gasteiger partial charge in [0.05, 0.1) is 7.11 Å². The second kappa shape index (κ2) is 8.44. The van der Waals surface area contributed by atoms with Gasteiger partial charge >= 0.3 is 0 Å². The highest BCUT2D eigenvalue weighted by atomic mass is 16.5. The average molecular weight is 450 g/mol. The van der Waals surface area contributed by atoms with Crippen LogP contribution in [-0.4, -0.2) is 29.2 Å². The molecule has 1 aromatic heterocycles. The first kappa shape index (κ1) is 21.2. The number of hydrogen-bond donors (Lipinski definition) is 1. The molecule has 0 spiro atoms. The van der Waals surface area contributed by atoms with E-state index in [0.717, 1.165) is 36.0 Å². The lowest BCUT2D eigenvalue weighted by Crippen LogP contribution is -2.56. The van der Waals surface area contributed by atoms with Gasteiger partial charge in [-0.15, -0.1) is 0 Å². The molecule has 5 saturated carbocycles. The van der Waals surface area contributed by atoms with Crippen LogP contribution in [0.15, 0.2) is 28.8 Å². The van der Waals surface area contributed by atoms with E-state index in [1.807, 2.05) is 24.3 Å². The number of amides is 1. The molecule has 6 nitrogen and oxygen atoms in total. The molecule has 0 aliphatic heterocycles. The van der Waals surface area contributed by atoms with Crippen LogP contribution in [0.4, 0.5) is 0 Å². The van der Waals surface area contributed by atoms with Gasteiger partial charge in [0.15, 0.2) is 0 Å². The van der Waals surface area contributed by atoms with Gasteiger partial charge in [0.2, 0.25) is 17.6 Å². The minimum absolute atomic E-state index is 0.0558. The standard InChI is InChI=1S/C27H35N3O3/c1-32-22-6-4-19(5-7-22)26-29-24(33-30-26)16-27(8-2-3-9-27)15-23(31)28-25-20-11-17-10-18(13-20)14-21(25)12-17/h4-7,17-18,20-21,25H,2-3,8-16H2,1H3,(H,28,31). The summed E-state index contributed by atoms with van der Waals surface area (Å²) in [6, 6.07) is 8.10. The van der Waals surface area contributed by atoms with Gasteiger partial charge in [-0.05, 0) is 98.3 Å². The third-order valence-electron chi connectivity index (χ3n) is 9.10. The van der Waals surface area contributed by atoms with E-state index < -0.39 is 0 Å². The summed E-state index contributed by atoms with van der Waals surface area (Å²) in [5, 5.41) is 7.73. The van der Waals surface area contributed by atoms with E-state index in [1.54, 1.807) is 7.11 Å². The third kappa shape index (κ3) is 4.17. The molecule has 0 radical (unpaired) electrons. The van der Waals surface area contributed by atoms with Gasteiger partial charge in [0, 0.05) is 24.4 Å². The van der Waals surface area contributed by atoms with Crippen molar-refractivity contribution in [2.45, 2.75) is 76.7 Å². The monoisotopic (exact) mass is 449 g/mol. The van der Waals surface area contributed by atoms with E-state index in [4.69, 9.17) is 9.26 Å². The van der Waals surface area contributed by atoms with Crippen LogP contribution in [0.25, 0.3) is 11.4 Å². The summed E-state index contributed by atoms with van der Waals surface area (Å²) in [6.45, 7) is 0. The van der Waals surface area contributed by atoms with Crippen LogP contribution in [0.3, 0.4) is 0 Å². The molecule has 1 N–H and O–H groups in total. The predicted octanol–water partition coefficient (Wildman–Crippen LogP) is 5.18. The molecule has 7 rings (SSSR count). The van der Waals surface area contributed by atoms with Gasteiger partial charge in [-0.3, -0.25) is 4.79 Å². The van der Waals surface area contributed by atoms with Crippen molar-refractivity contribution in [2.75, 3.05) is 7.11 Å². The predicted molar refractivity (Wildman–Crippen MR) is 124 cm³/mol. The molecule has 4 bridgehead atoms. The summed E-state index contributed by atoms with van der Waals surface area (Å²) in [5.74, 6) is 5.57. The maximum Gasteiger partial charge on any atom is 0.227 e. The van der Waals surface area contributed by atoms with Gasteiger partial charge in [-0.25, -0.2) is 0 Å². The Bertz CT molecular complexity index is 964. The van der Waals surface area contributed by atoms with Gasteiger partial charge < -0.3 is 14.6 Å². The molecule has 6 heteroatoms. The second-order valence-electron chi connectivity index (χ2n) is 11.3. The van der Waals surface area contributed by atoms with Crippen LogP contribution in [0.5, 0.6) is 5.75 Å². The normalized spacial score (nSPS) is 31.6. The molecular formula is C27H35N3O3. The van der Waals surface area contributed by atoms with Crippen molar-refractivity contribution in [2.24, 2.45) is 29.1 Å². The lowest BCUT2D eigenvalue weighted by atomic mass is 9.54. The van der Waals surface area contributed by atoms with E-state index >= 15 is 0 Å². The maximum absolute atomic E-state index is 13.3. The number of rotatable bonds is 7. The Hall–Kier alpha value is -2.37. The van der Waals surface area contributed by atoms with Crippen molar-refractivity contribution >= 4 is 5.91 Å². The Morgan fingerprint density at radius 3 is 2.36 bits per heavy atom. The molecule has 1 amide bonds. The Labute approximate surface area is 195 Å². The number of carbonyl (C=O) groups is 1. The smallest absolute Gasteiger partial charge is 0.227 e. The minimum Gasteiger partial charge on any atom is -0.497 e. The zero-order valence-corrected chi connectivity index (χ0v) is 19.6. The Kier molecular flexibility index (Phi) is 5.42. The van der Waals surface area contributed by atoms with Crippen molar-refractivity contribution < 1.29 is 14.1 Å². The van der Waals surface area contributed by atoms with E-state index in [1.165, 1.54) is 44.9 Å². The number of nitrogens with one attached hydrogen (secondary N) is 1. The molecule has 33 heavy (non-hydrogen) atoms. The van der Waals surface area contributed by atoms with Crippen LogP contribution < -0.4 is 10.1 Å². The molecule has 1 heterocycles. The van der Waals surface area contributed by atoms with Gasteiger partial charge in [0.1, 0.15) is 5.75 Å². The van der Waals surface area contributed by atoms with Crippen LogP contribution in [0, 0.1) is 29.1 Å². The second-order valence-corrected chi connectivity index (χ2v) is 11.3. The number of aromatic nitrogens is 2. The Morgan fingerprint density at radius 2 is 1.73 bits per heavy atom. The SMILES string of the molecule is COc1ccc(-c2noc(CC3(CC(=O)NC4C5CC6CC(C5)CC4C6)CCCC3)n2)cc1. The van der Waals surface area contributed by atoms with Gasteiger partial charge in [-0.2, -0.15) is 4.98 Å². The summed E-state index contributed by atoms with van der Waals surface area (Å²) >= 11 is 0. The van der Waals surface area contributed by atoms with Crippen LogP contribution in [-0.2, 0) is 11.2 Å². The summed E-state index contributed by atoms with van der Waals surface area (Å²) in [4.78, 5) is 18.0. The van der Waals surface area contributed by atoms with Crippen molar-refractivity contribution in [3.05, 3.63) is 30.2 Å². The number of ether oxygens (including phenoxy) is 1.